The van der Waals surface area contributed by atoms with Crippen molar-refractivity contribution in [2.45, 2.75) is 0 Å². The quantitative estimate of drug-likeness (QED) is 0.764. The minimum absolute atomic E-state index is 0.236. The van der Waals surface area contributed by atoms with Gasteiger partial charge in [-0.1, -0.05) is 0 Å². The molecule has 0 radical (unpaired) electrons. The van der Waals surface area contributed by atoms with Crippen molar-refractivity contribution in [3.05, 3.63) is 22.9 Å². The first-order chi connectivity index (χ1) is 5.24. The van der Waals surface area contributed by atoms with Crippen LogP contribution >= 0.6 is 0 Å². The summed E-state index contributed by atoms with van der Waals surface area (Å²) in [6.07, 6.45) is 0. The van der Waals surface area contributed by atoms with E-state index >= 15 is 0 Å². The fourth-order valence-electron chi connectivity index (χ4n) is 0. The zero-order valence-corrected chi connectivity index (χ0v) is 8.74. The third kappa shape index (κ3) is 150. The van der Waals surface area contributed by atoms with E-state index in [1.165, 1.54) is 0 Å². The van der Waals surface area contributed by atoms with Gasteiger partial charge in [0.1, 0.15) is 0 Å². The molecule has 0 spiro atoms. The molecule has 0 amide bonds. The SMILES string of the molecule is [NH-]CC[NH-].[NH-]CC[NH-].[O]=[Re]=[O]. The molecule has 6 nitrogen and oxygen atoms in total. The predicted molar refractivity (Wildman–Crippen MR) is 38.1 cm³/mol. The summed E-state index contributed by atoms with van der Waals surface area (Å²) >= 11 is -2.17. The molecular formula is C4H12N4O2Re-4. The molecule has 0 aliphatic rings. The number of rotatable bonds is 2. The number of hydrogen-bond acceptors (Lipinski definition) is 2. The van der Waals surface area contributed by atoms with Crippen LogP contribution in [-0.4, -0.2) is 26.2 Å². The third-order valence-corrected chi connectivity index (χ3v) is 0.250. The van der Waals surface area contributed by atoms with Gasteiger partial charge >= 0.3 is 24.8 Å². The van der Waals surface area contributed by atoms with Crippen molar-refractivity contribution in [1.29, 1.82) is 0 Å². The first-order valence-electron chi connectivity index (χ1n) is 2.72. The molecule has 7 heteroatoms. The van der Waals surface area contributed by atoms with Crippen LogP contribution in [0.4, 0.5) is 0 Å². The van der Waals surface area contributed by atoms with Crippen LogP contribution in [0.15, 0.2) is 0 Å². The number of nitrogens with one attached hydrogen (secondary N) is 4. The van der Waals surface area contributed by atoms with Crippen molar-refractivity contribution in [2.24, 2.45) is 0 Å². The van der Waals surface area contributed by atoms with Crippen LogP contribution in [0, 0.1) is 0 Å². The Morgan fingerprint density at radius 1 is 0.727 bits per heavy atom. The van der Waals surface area contributed by atoms with Crippen molar-refractivity contribution in [2.75, 3.05) is 26.2 Å². The van der Waals surface area contributed by atoms with Crippen LogP contribution in [0.2, 0.25) is 0 Å². The van der Waals surface area contributed by atoms with Gasteiger partial charge < -0.3 is 22.9 Å². The Bertz CT molecular complexity index is 68.5. The standard InChI is InChI=1S/2C2H6N2.2O.Re/c2*3-1-2-4;;;/h2*3-4H,1-2H2;;;/q2*-2;;;. The van der Waals surface area contributed by atoms with Crippen molar-refractivity contribution in [3.8, 4) is 0 Å². The van der Waals surface area contributed by atoms with Gasteiger partial charge in [0.2, 0.25) is 0 Å². The predicted octanol–water partition coefficient (Wildman–Crippen LogP) is 1.94. The van der Waals surface area contributed by atoms with Crippen LogP contribution in [0.1, 0.15) is 0 Å². The molecule has 0 unspecified atom stereocenters. The average Bonchev–Trinajstić information content (AvgIpc) is 2.06. The summed E-state index contributed by atoms with van der Waals surface area (Å²) in [5.74, 6) is 0. The van der Waals surface area contributed by atoms with Crippen LogP contribution in [-0.2, 0) is 24.8 Å². The van der Waals surface area contributed by atoms with E-state index < -0.39 is 17.9 Å². The van der Waals surface area contributed by atoms with Crippen LogP contribution in [0.5, 0.6) is 0 Å². The fourth-order valence-corrected chi connectivity index (χ4v) is 0. The van der Waals surface area contributed by atoms with E-state index in [9.17, 15) is 0 Å². The molecule has 0 bridgehead atoms. The Labute approximate surface area is 74.4 Å². The molecule has 4 N–H and O–H groups in total. The molecule has 0 fully saturated rings. The van der Waals surface area contributed by atoms with E-state index in [0.29, 0.717) is 0 Å². The molecule has 0 atom stereocenters. The Morgan fingerprint density at radius 3 is 0.818 bits per heavy atom. The van der Waals surface area contributed by atoms with Gasteiger partial charge in [-0.15, -0.1) is 0 Å². The van der Waals surface area contributed by atoms with Gasteiger partial charge in [0.25, 0.3) is 0 Å². The second-order valence-corrected chi connectivity index (χ2v) is 1.52. The Hall–Kier alpha value is 0.102. The van der Waals surface area contributed by atoms with Gasteiger partial charge in [-0.2, -0.15) is 26.2 Å². The summed E-state index contributed by atoms with van der Waals surface area (Å²) in [6.45, 7) is 0.944. The maximum atomic E-state index is 8.53. The van der Waals surface area contributed by atoms with Crippen molar-refractivity contribution >= 4 is 0 Å². The zero-order valence-electron chi connectivity index (χ0n) is 6.02. The molecule has 0 aromatic rings. The first kappa shape index (κ1) is 17.3. The van der Waals surface area contributed by atoms with E-state index in [2.05, 4.69) is 0 Å². The van der Waals surface area contributed by atoms with E-state index in [1.54, 1.807) is 0 Å². The molecule has 0 aromatic heterocycles. The topological polar surface area (TPSA) is 129 Å². The molecule has 71 valence electrons. The van der Waals surface area contributed by atoms with Gasteiger partial charge in [-0.25, -0.2) is 0 Å². The summed E-state index contributed by atoms with van der Waals surface area (Å²) < 4.78 is 17.1. The minimum atomic E-state index is -2.17. The molecule has 0 rings (SSSR count). The summed E-state index contributed by atoms with van der Waals surface area (Å²) in [5, 5.41) is 0. The first-order valence-corrected chi connectivity index (χ1v) is 4.94. The Kier molecular flexibility index (Phi) is 50.4. The monoisotopic (exact) mass is 335 g/mol. The summed E-state index contributed by atoms with van der Waals surface area (Å²) in [7, 11) is 0. The maximum absolute atomic E-state index is 8.53. The molecule has 0 saturated heterocycles. The molecule has 0 aliphatic heterocycles. The van der Waals surface area contributed by atoms with Gasteiger partial charge in [-0.05, 0) is 0 Å². The third-order valence-electron chi connectivity index (χ3n) is 0.250. The molecule has 0 aliphatic carbocycles. The molecule has 0 saturated carbocycles. The zero-order chi connectivity index (χ0) is 9.54. The molecule has 0 heterocycles. The Balaban J connectivity index is -0.0000000886. The summed E-state index contributed by atoms with van der Waals surface area (Å²) in [5.41, 5.74) is 25.1. The fraction of sp³-hybridized carbons (Fsp3) is 1.00. The van der Waals surface area contributed by atoms with E-state index in [0.717, 1.165) is 0 Å². The molecule has 11 heavy (non-hydrogen) atoms. The second kappa shape index (κ2) is 32.2. The van der Waals surface area contributed by atoms with E-state index in [1.807, 2.05) is 0 Å². The van der Waals surface area contributed by atoms with Crippen molar-refractivity contribution in [3.63, 3.8) is 0 Å². The average molecular weight is 334 g/mol. The van der Waals surface area contributed by atoms with Gasteiger partial charge in [0.05, 0.1) is 0 Å². The molecular weight excluding hydrogens is 322 g/mol. The summed E-state index contributed by atoms with van der Waals surface area (Å²) in [6, 6.07) is 0. The van der Waals surface area contributed by atoms with Crippen LogP contribution in [0.3, 0.4) is 0 Å². The van der Waals surface area contributed by atoms with Crippen molar-refractivity contribution < 1.29 is 24.8 Å². The number of hydrogen-bond donors (Lipinski definition) is 0. The van der Waals surface area contributed by atoms with Gasteiger partial charge in [0.15, 0.2) is 0 Å². The van der Waals surface area contributed by atoms with Gasteiger partial charge in [0, 0.05) is 0 Å². The molecule has 0 aromatic carbocycles. The summed E-state index contributed by atoms with van der Waals surface area (Å²) in [4.78, 5) is 0. The van der Waals surface area contributed by atoms with Gasteiger partial charge in [-0.3, -0.25) is 0 Å². The van der Waals surface area contributed by atoms with E-state index in [4.69, 9.17) is 29.9 Å². The van der Waals surface area contributed by atoms with Crippen molar-refractivity contribution in [1.82, 2.24) is 0 Å². The second-order valence-electron chi connectivity index (χ2n) is 1.06. The van der Waals surface area contributed by atoms with Crippen LogP contribution in [0.25, 0.3) is 22.9 Å². The van der Waals surface area contributed by atoms with E-state index in [-0.39, 0.29) is 26.2 Å². The Morgan fingerprint density at radius 2 is 0.818 bits per heavy atom. The van der Waals surface area contributed by atoms with Crippen LogP contribution < -0.4 is 0 Å². The normalized spacial score (nSPS) is 6.55.